The summed E-state index contributed by atoms with van der Waals surface area (Å²) in [7, 11) is 0. The Bertz CT molecular complexity index is 295. The van der Waals surface area contributed by atoms with Gasteiger partial charge in [-0.1, -0.05) is 0 Å². The Morgan fingerprint density at radius 1 is 1.36 bits per heavy atom. The van der Waals surface area contributed by atoms with Crippen molar-refractivity contribution < 1.29 is 0 Å². The van der Waals surface area contributed by atoms with Gasteiger partial charge in [0.2, 0.25) is 0 Å². The zero-order chi connectivity index (χ0) is 8.10. The quantitative estimate of drug-likeness (QED) is 0.508. The molecule has 1 radical (unpaired) electrons. The molecule has 1 nitrogen and oxygen atoms in total. The van der Waals surface area contributed by atoms with Gasteiger partial charge < -0.3 is 0 Å². The SMILES string of the molecule is N#C/C(=C\[Se])c1ccccc1. The monoisotopic (exact) mass is 208 g/mol. The van der Waals surface area contributed by atoms with Crippen molar-refractivity contribution in [3.63, 3.8) is 0 Å². The van der Waals surface area contributed by atoms with Crippen molar-refractivity contribution in [2.24, 2.45) is 0 Å². The molecule has 1 rings (SSSR count). The molecule has 11 heavy (non-hydrogen) atoms. The Kier molecular flexibility index (Phi) is 2.92. The van der Waals surface area contributed by atoms with E-state index in [-0.39, 0.29) is 0 Å². The van der Waals surface area contributed by atoms with Gasteiger partial charge in [0, 0.05) is 0 Å². The summed E-state index contributed by atoms with van der Waals surface area (Å²) in [6.45, 7) is 0. The summed E-state index contributed by atoms with van der Waals surface area (Å²) in [6.07, 6.45) is 0. The molecule has 0 heterocycles. The molecule has 0 amide bonds. The number of allylic oxidation sites excluding steroid dienone is 1. The van der Waals surface area contributed by atoms with Crippen LogP contribution >= 0.6 is 0 Å². The molecule has 1 aromatic carbocycles. The van der Waals surface area contributed by atoms with Crippen LogP contribution in [0.15, 0.2) is 35.3 Å². The minimum absolute atomic E-state index is 0.672. The van der Waals surface area contributed by atoms with Crippen molar-refractivity contribution in [3.8, 4) is 6.07 Å². The second kappa shape index (κ2) is 3.98. The molecular formula is C9H6NSe. The van der Waals surface area contributed by atoms with Crippen LogP contribution in [0.1, 0.15) is 5.56 Å². The van der Waals surface area contributed by atoms with Gasteiger partial charge in [-0.2, -0.15) is 0 Å². The normalized spacial score (nSPS) is 10.6. The molecule has 0 aliphatic heterocycles. The molecule has 0 bridgehead atoms. The van der Waals surface area contributed by atoms with Crippen molar-refractivity contribution in [2.75, 3.05) is 0 Å². The van der Waals surface area contributed by atoms with E-state index in [1.807, 2.05) is 30.3 Å². The third-order valence-corrected chi connectivity index (χ3v) is 1.82. The van der Waals surface area contributed by atoms with E-state index in [2.05, 4.69) is 22.1 Å². The first-order valence-corrected chi connectivity index (χ1v) is 4.15. The van der Waals surface area contributed by atoms with Gasteiger partial charge in [-0.15, -0.1) is 0 Å². The van der Waals surface area contributed by atoms with Crippen LogP contribution in [0.2, 0.25) is 0 Å². The zero-order valence-corrected chi connectivity index (χ0v) is 7.53. The topological polar surface area (TPSA) is 23.8 Å². The fraction of sp³-hybridized carbons (Fsp3) is 0. The van der Waals surface area contributed by atoms with Gasteiger partial charge in [0.05, 0.1) is 0 Å². The zero-order valence-electron chi connectivity index (χ0n) is 5.82. The molecule has 0 saturated carbocycles. The molecule has 0 aliphatic carbocycles. The molecule has 2 heteroatoms. The number of rotatable bonds is 1. The molecule has 53 valence electrons. The van der Waals surface area contributed by atoms with Crippen LogP contribution in [0.5, 0.6) is 0 Å². The first kappa shape index (κ1) is 8.07. The number of hydrogen-bond acceptors (Lipinski definition) is 1. The first-order chi connectivity index (χ1) is 5.38. The van der Waals surface area contributed by atoms with Crippen LogP contribution in [0.25, 0.3) is 5.57 Å². The van der Waals surface area contributed by atoms with Gasteiger partial charge in [0.25, 0.3) is 0 Å². The van der Waals surface area contributed by atoms with Crippen molar-refractivity contribution >= 4 is 21.6 Å². The molecule has 0 fully saturated rings. The fourth-order valence-corrected chi connectivity index (χ4v) is 1.17. The number of hydrogen-bond donors (Lipinski definition) is 0. The molecule has 1 aromatic rings. The standard InChI is InChI=1S/C9H6NSe/c10-6-9(7-11)8-4-2-1-3-5-8/h1-5,7H/b9-7+. The summed E-state index contributed by atoms with van der Waals surface area (Å²) in [6, 6.07) is 11.7. The minimum atomic E-state index is 0.672. The summed E-state index contributed by atoms with van der Waals surface area (Å²) in [5, 5.41) is 8.64. The third-order valence-electron chi connectivity index (χ3n) is 1.32. The van der Waals surface area contributed by atoms with Gasteiger partial charge in [-0.3, -0.25) is 0 Å². The Labute approximate surface area is 74.2 Å². The molecular weight excluding hydrogens is 201 g/mol. The second-order valence-electron chi connectivity index (χ2n) is 2.01. The Morgan fingerprint density at radius 2 is 2.00 bits per heavy atom. The molecule has 0 unspecified atom stereocenters. The summed E-state index contributed by atoms with van der Waals surface area (Å²) in [5.74, 6) is 0. The van der Waals surface area contributed by atoms with Crippen LogP contribution < -0.4 is 0 Å². The van der Waals surface area contributed by atoms with Gasteiger partial charge >= 0.3 is 73.8 Å². The predicted molar refractivity (Wildman–Crippen MR) is 45.8 cm³/mol. The summed E-state index contributed by atoms with van der Waals surface area (Å²) in [4.78, 5) is 1.69. The maximum absolute atomic E-state index is 8.64. The predicted octanol–water partition coefficient (Wildman–Crippen LogP) is 1.72. The first-order valence-electron chi connectivity index (χ1n) is 3.16. The van der Waals surface area contributed by atoms with Gasteiger partial charge in [-0.05, 0) is 0 Å². The van der Waals surface area contributed by atoms with Crippen molar-refractivity contribution in [3.05, 3.63) is 40.9 Å². The second-order valence-corrected chi connectivity index (χ2v) is 2.50. The van der Waals surface area contributed by atoms with Gasteiger partial charge in [0.15, 0.2) is 0 Å². The van der Waals surface area contributed by atoms with E-state index < -0.39 is 0 Å². The molecule has 0 spiro atoms. The summed E-state index contributed by atoms with van der Waals surface area (Å²) < 4.78 is 0. The molecule has 0 aromatic heterocycles. The van der Waals surface area contributed by atoms with E-state index in [4.69, 9.17) is 5.26 Å². The molecule has 0 atom stereocenters. The van der Waals surface area contributed by atoms with Crippen LogP contribution in [0.3, 0.4) is 0 Å². The number of benzene rings is 1. The number of nitrogens with zero attached hydrogens (tertiary/aromatic N) is 1. The van der Waals surface area contributed by atoms with E-state index >= 15 is 0 Å². The van der Waals surface area contributed by atoms with Gasteiger partial charge in [-0.25, -0.2) is 0 Å². The Balaban J connectivity index is 3.05. The van der Waals surface area contributed by atoms with E-state index in [0.717, 1.165) is 5.56 Å². The van der Waals surface area contributed by atoms with Crippen LogP contribution in [-0.2, 0) is 0 Å². The molecule has 0 N–H and O–H groups in total. The Morgan fingerprint density at radius 3 is 2.45 bits per heavy atom. The van der Waals surface area contributed by atoms with E-state index in [0.29, 0.717) is 5.57 Å². The summed E-state index contributed by atoms with van der Waals surface area (Å²) in [5.41, 5.74) is 1.62. The van der Waals surface area contributed by atoms with Crippen LogP contribution in [0, 0.1) is 11.3 Å². The average Bonchev–Trinajstić information content (AvgIpc) is 2.09. The van der Waals surface area contributed by atoms with E-state index in [9.17, 15) is 0 Å². The third kappa shape index (κ3) is 1.94. The van der Waals surface area contributed by atoms with Crippen LogP contribution in [0.4, 0.5) is 0 Å². The molecule has 0 aliphatic rings. The fourth-order valence-electron chi connectivity index (χ4n) is 0.777. The Hall–Kier alpha value is -1.03. The van der Waals surface area contributed by atoms with Crippen molar-refractivity contribution in [2.45, 2.75) is 0 Å². The van der Waals surface area contributed by atoms with Crippen LogP contribution in [-0.4, -0.2) is 16.0 Å². The maximum atomic E-state index is 8.64. The summed E-state index contributed by atoms with van der Waals surface area (Å²) >= 11 is 2.71. The van der Waals surface area contributed by atoms with E-state index in [1.54, 1.807) is 4.97 Å². The van der Waals surface area contributed by atoms with E-state index in [1.165, 1.54) is 0 Å². The van der Waals surface area contributed by atoms with Crippen molar-refractivity contribution in [1.82, 2.24) is 0 Å². The molecule has 0 saturated heterocycles. The average molecular weight is 207 g/mol. The van der Waals surface area contributed by atoms with Crippen molar-refractivity contribution in [1.29, 1.82) is 5.26 Å². The number of nitriles is 1. The van der Waals surface area contributed by atoms with Gasteiger partial charge in [0.1, 0.15) is 0 Å².